The molecule has 0 rings (SSSR count). The summed E-state index contributed by atoms with van der Waals surface area (Å²) in [7, 11) is 0. The molecule has 0 fully saturated rings. The molecular weight excluding hydrogens is 278 g/mol. The summed E-state index contributed by atoms with van der Waals surface area (Å²) in [5.41, 5.74) is 0. The standard InChI is InChI=1S/2CH2O3.3Ca.2FH/c2*2-1(3)4;;;;;/h2*(H2,2,3,4);;;;2*1H/q;;3*+2;;/p-6. The van der Waals surface area contributed by atoms with Gasteiger partial charge in [-0.05, 0) is 12.3 Å². The molecule has 0 aromatic carbocycles. The van der Waals surface area contributed by atoms with Gasteiger partial charge in [-0.15, -0.1) is 0 Å². The summed E-state index contributed by atoms with van der Waals surface area (Å²) in [5.74, 6) is 0. The average Bonchev–Trinajstić information content (AvgIpc) is 1.25. The molecule has 0 atom stereocenters. The third kappa shape index (κ3) is 443. The molecule has 0 spiro atoms. The fourth-order valence-electron chi connectivity index (χ4n) is 0. The van der Waals surface area contributed by atoms with Crippen LogP contribution in [0.25, 0.3) is 0 Å². The van der Waals surface area contributed by atoms with Gasteiger partial charge in [-0.1, -0.05) is 0 Å². The number of carbonyl (C=O) groups is 2. The van der Waals surface area contributed by atoms with Crippen LogP contribution in [-0.2, 0) is 0 Å². The van der Waals surface area contributed by atoms with Crippen molar-refractivity contribution >= 4 is 126 Å². The average molecular weight is 278 g/mol. The maximum atomic E-state index is 8.33. The summed E-state index contributed by atoms with van der Waals surface area (Å²) in [6.45, 7) is 0. The minimum atomic E-state index is -2.33. The minimum absolute atomic E-state index is 0. The van der Waals surface area contributed by atoms with E-state index in [1.54, 1.807) is 0 Å². The Morgan fingerprint density at radius 3 is 0.615 bits per heavy atom. The number of hydrogen-bond donors (Lipinski definition) is 0. The van der Waals surface area contributed by atoms with Gasteiger partial charge in [0.2, 0.25) is 0 Å². The summed E-state index contributed by atoms with van der Waals surface area (Å²) in [6, 6.07) is 0. The van der Waals surface area contributed by atoms with Gasteiger partial charge in [0.25, 0.3) is 0 Å². The molecule has 0 unspecified atom stereocenters. The molecule has 64 valence electrons. The fourth-order valence-corrected chi connectivity index (χ4v) is 0. The minimum Gasteiger partial charge on any atom is -1.00 e. The second-order valence-electron chi connectivity index (χ2n) is 0.500. The van der Waals surface area contributed by atoms with Crippen molar-refractivity contribution in [1.29, 1.82) is 0 Å². The van der Waals surface area contributed by atoms with E-state index in [9.17, 15) is 0 Å². The smallest absolute Gasteiger partial charge is 1.00 e. The van der Waals surface area contributed by atoms with Gasteiger partial charge < -0.3 is 39.4 Å². The second-order valence-corrected chi connectivity index (χ2v) is 0.500. The van der Waals surface area contributed by atoms with Crippen molar-refractivity contribution in [3.05, 3.63) is 0 Å². The van der Waals surface area contributed by atoms with Crippen molar-refractivity contribution in [2.45, 2.75) is 0 Å². The van der Waals surface area contributed by atoms with Crippen LogP contribution in [-0.4, -0.2) is 126 Å². The molecule has 0 bridgehead atoms. The van der Waals surface area contributed by atoms with E-state index in [2.05, 4.69) is 0 Å². The van der Waals surface area contributed by atoms with Crippen molar-refractivity contribution in [3.8, 4) is 0 Å². The predicted molar refractivity (Wildman–Crippen MR) is 28.1 cm³/mol. The Bertz CT molecular complexity index is 81.9. The third-order valence-electron chi connectivity index (χ3n) is 0. The zero-order valence-electron chi connectivity index (χ0n) is 6.33. The van der Waals surface area contributed by atoms with Crippen LogP contribution in [0.2, 0.25) is 0 Å². The molecule has 0 heterocycles. The molecule has 0 aliphatic heterocycles. The monoisotopic (exact) mass is 278 g/mol. The molecule has 0 amide bonds. The molecule has 0 aromatic heterocycles. The molecular formula is C2Ca3F2O6. The Kier molecular flexibility index (Phi) is 129. The van der Waals surface area contributed by atoms with Crippen LogP contribution >= 0.6 is 0 Å². The molecule has 0 N–H and O–H groups in total. The maximum absolute atomic E-state index is 8.33. The van der Waals surface area contributed by atoms with Gasteiger partial charge in [-0.3, -0.25) is 0 Å². The van der Waals surface area contributed by atoms with E-state index in [0.717, 1.165) is 0 Å². The van der Waals surface area contributed by atoms with Crippen LogP contribution in [0.5, 0.6) is 0 Å². The number of hydrogen-bond acceptors (Lipinski definition) is 6. The number of carboxylic acid groups (broad SMARTS) is 4. The molecule has 0 aliphatic carbocycles. The Balaban J connectivity index is -0.00000000800. The summed E-state index contributed by atoms with van der Waals surface area (Å²) >= 11 is 0. The zero-order chi connectivity index (χ0) is 7.15. The van der Waals surface area contributed by atoms with Gasteiger partial charge in [0.15, 0.2) is 0 Å². The van der Waals surface area contributed by atoms with E-state index in [1.807, 2.05) is 0 Å². The third-order valence-corrected chi connectivity index (χ3v) is 0. The molecule has 0 aliphatic rings. The van der Waals surface area contributed by atoms with Crippen LogP contribution in [0, 0.1) is 0 Å². The van der Waals surface area contributed by atoms with Crippen molar-refractivity contribution in [2.75, 3.05) is 0 Å². The van der Waals surface area contributed by atoms with Gasteiger partial charge >= 0.3 is 113 Å². The van der Waals surface area contributed by atoms with Gasteiger partial charge in [0, 0.05) is 0 Å². The predicted octanol–water partition coefficient (Wildman–Crippen LogP) is -12.0. The topological polar surface area (TPSA) is 126 Å². The molecule has 0 saturated carbocycles. The summed E-state index contributed by atoms with van der Waals surface area (Å²) in [4.78, 5) is 16.7. The van der Waals surface area contributed by atoms with Gasteiger partial charge in [-0.2, -0.15) is 0 Å². The van der Waals surface area contributed by atoms with E-state index >= 15 is 0 Å². The first kappa shape index (κ1) is 45.6. The largest absolute Gasteiger partial charge is 2.00 e. The van der Waals surface area contributed by atoms with E-state index < -0.39 is 12.3 Å². The molecule has 13 heavy (non-hydrogen) atoms. The van der Waals surface area contributed by atoms with Gasteiger partial charge in [0.05, 0.1) is 0 Å². The molecule has 0 saturated heterocycles. The number of carbonyl (C=O) groups excluding carboxylic acids is 2. The Morgan fingerprint density at radius 1 is 0.615 bits per heavy atom. The number of rotatable bonds is 0. The van der Waals surface area contributed by atoms with Crippen molar-refractivity contribution in [1.82, 2.24) is 0 Å². The van der Waals surface area contributed by atoms with Crippen molar-refractivity contribution in [2.24, 2.45) is 0 Å². The molecule has 0 radical (unpaired) electrons. The molecule has 11 heteroatoms. The van der Waals surface area contributed by atoms with Crippen LogP contribution in [0.4, 0.5) is 9.59 Å². The summed E-state index contributed by atoms with van der Waals surface area (Å²) in [5, 5.41) is 33.3. The van der Waals surface area contributed by atoms with E-state index in [-0.39, 0.29) is 123 Å². The summed E-state index contributed by atoms with van der Waals surface area (Å²) < 4.78 is 0. The Labute approximate surface area is 161 Å². The van der Waals surface area contributed by atoms with E-state index in [0.29, 0.717) is 0 Å². The van der Waals surface area contributed by atoms with Crippen molar-refractivity contribution in [3.63, 3.8) is 0 Å². The Hall–Kier alpha value is 2.18. The molecule has 6 nitrogen and oxygen atoms in total. The second kappa shape index (κ2) is 36.8. The summed E-state index contributed by atoms with van der Waals surface area (Å²) in [6.07, 6.45) is -4.67. The fraction of sp³-hybridized carbons (Fsp3) is 0. The SMILES string of the molecule is O=C([O-])[O-].O=C([O-])[O-].[Ca+2].[Ca+2].[Ca+2].[F-].[F-]. The van der Waals surface area contributed by atoms with Crippen LogP contribution in [0.3, 0.4) is 0 Å². The van der Waals surface area contributed by atoms with Crippen LogP contribution in [0.15, 0.2) is 0 Å². The normalized spacial score (nSPS) is 3.69. The van der Waals surface area contributed by atoms with Gasteiger partial charge in [-0.25, -0.2) is 0 Å². The van der Waals surface area contributed by atoms with E-state index in [1.165, 1.54) is 0 Å². The first-order valence-corrected chi connectivity index (χ1v) is 1.22. The quantitative estimate of drug-likeness (QED) is 0.405. The first-order chi connectivity index (χ1) is 3.46. The molecule has 0 aromatic rings. The Morgan fingerprint density at radius 2 is 0.615 bits per heavy atom. The maximum Gasteiger partial charge on any atom is 2.00 e. The van der Waals surface area contributed by atoms with Crippen LogP contribution in [0.1, 0.15) is 0 Å². The van der Waals surface area contributed by atoms with Crippen molar-refractivity contribution < 1.29 is 39.4 Å². The first-order valence-electron chi connectivity index (χ1n) is 1.22. The van der Waals surface area contributed by atoms with Crippen LogP contribution < -0.4 is 29.8 Å². The van der Waals surface area contributed by atoms with Gasteiger partial charge in [0.1, 0.15) is 0 Å². The number of halogens is 2. The van der Waals surface area contributed by atoms with E-state index in [4.69, 9.17) is 30.0 Å². The zero-order valence-corrected chi connectivity index (χ0v) is 13.0.